The summed E-state index contributed by atoms with van der Waals surface area (Å²) in [6, 6.07) is 0. The Hall–Kier alpha value is -1.00. The van der Waals surface area contributed by atoms with E-state index in [1.165, 1.54) is 12.2 Å². The van der Waals surface area contributed by atoms with Crippen molar-refractivity contribution in [2.45, 2.75) is 18.4 Å². The molecule has 1 unspecified atom stereocenters. The second kappa shape index (κ2) is 3.16. The van der Waals surface area contributed by atoms with Crippen LogP contribution in [0.5, 0.6) is 0 Å². The van der Waals surface area contributed by atoms with Crippen molar-refractivity contribution >= 4 is 0 Å². The molecule has 0 bridgehead atoms. The highest BCUT2D eigenvalue weighted by molar-refractivity contribution is 5.25. The Bertz CT molecular complexity index is 234. The van der Waals surface area contributed by atoms with E-state index in [1.807, 2.05) is 0 Å². The lowest BCUT2D eigenvalue weighted by Gasteiger charge is -2.26. The third kappa shape index (κ3) is 1.78. The largest absolute Gasteiger partial charge is 0.508 e. The Morgan fingerprint density at radius 2 is 2.17 bits per heavy atom. The van der Waals surface area contributed by atoms with Crippen molar-refractivity contribution in [2.75, 3.05) is 6.54 Å². The van der Waals surface area contributed by atoms with Crippen LogP contribution in [0.4, 0.5) is 0 Å². The monoisotopic (exact) mass is 171 g/mol. The van der Waals surface area contributed by atoms with Crippen LogP contribution in [0.2, 0.25) is 0 Å². The van der Waals surface area contributed by atoms with Gasteiger partial charge in [0.2, 0.25) is 0 Å². The first kappa shape index (κ1) is 9.09. The van der Waals surface area contributed by atoms with Crippen LogP contribution in [0.1, 0.15) is 12.8 Å². The summed E-state index contributed by atoms with van der Waals surface area (Å²) < 4.78 is 0. The van der Waals surface area contributed by atoms with E-state index >= 15 is 0 Å². The van der Waals surface area contributed by atoms with E-state index in [0.29, 0.717) is 13.0 Å². The van der Waals surface area contributed by atoms with Gasteiger partial charge in [0.05, 0.1) is 5.60 Å². The quantitative estimate of drug-likeness (QED) is 0.483. The van der Waals surface area contributed by atoms with Gasteiger partial charge in [-0.3, -0.25) is 0 Å². The van der Waals surface area contributed by atoms with Gasteiger partial charge in [0.25, 0.3) is 0 Å². The Morgan fingerprint density at radius 1 is 1.50 bits per heavy atom. The number of allylic oxidation sites excluding steroid dienone is 1. The molecule has 4 nitrogen and oxygen atoms in total. The van der Waals surface area contributed by atoms with E-state index in [2.05, 4.69) is 0 Å². The average Bonchev–Trinajstić information content (AvgIpc) is 1.98. The molecule has 12 heavy (non-hydrogen) atoms. The number of hydrogen-bond acceptors (Lipinski definition) is 4. The van der Waals surface area contributed by atoms with Crippen LogP contribution in [0.3, 0.4) is 0 Å². The molecule has 1 aliphatic rings. The molecule has 0 saturated carbocycles. The molecule has 5 N–H and O–H groups in total. The number of rotatable bonds is 2. The summed E-state index contributed by atoms with van der Waals surface area (Å²) in [7, 11) is 0. The van der Waals surface area contributed by atoms with Gasteiger partial charge in [-0.2, -0.15) is 0 Å². The molecule has 1 atom stereocenters. The predicted molar refractivity (Wildman–Crippen MR) is 44.7 cm³/mol. The molecule has 0 saturated heterocycles. The Morgan fingerprint density at radius 3 is 2.67 bits per heavy atom. The first-order chi connectivity index (χ1) is 5.57. The Labute approximate surface area is 70.6 Å². The molecule has 0 aromatic carbocycles. The molecule has 0 radical (unpaired) electrons. The van der Waals surface area contributed by atoms with Gasteiger partial charge in [-0.05, 0) is 25.1 Å². The maximum absolute atomic E-state index is 9.69. The molecule has 0 aliphatic heterocycles. The van der Waals surface area contributed by atoms with E-state index < -0.39 is 5.60 Å². The second-order valence-corrected chi connectivity index (χ2v) is 2.98. The van der Waals surface area contributed by atoms with E-state index in [9.17, 15) is 5.11 Å². The predicted octanol–water partition coefficient (Wildman–Crippen LogP) is 0.354. The highest BCUT2D eigenvalue weighted by atomic mass is 16.3. The summed E-state index contributed by atoms with van der Waals surface area (Å²) in [5, 5.41) is 27.8. The SMILES string of the molecule is NCCC1(O)C=CC(O)=C(O)C1. The van der Waals surface area contributed by atoms with Crippen molar-refractivity contribution in [1.29, 1.82) is 0 Å². The fraction of sp³-hybridized carbons (Fsp3) is 0.500. The van der Waals surface area contributed by atoms with Gasteiger partial charge in [-0.25, -0.2) is 0 Å². The van der Waals surface area contributed by atoms with Crippen LogP contribution >= 0.6 is 0 Å². The van der Waals surface area contributed by atoms with Gasteiger partial charge in [0, 0.05) is 6.42 Å². The smallest absolute Gasteiger partial charge is 0.152 e. The molecule has 1 rings (SSSR count). The van der Waals surface area contributed by atoms with Crippen LogP contribution in [0.15, 0.2) is 23.7 Å². The van der Waals surface area contributed by atoms with Crippen molar-refractivity contribution in [3.8, 4) is 0 Å². The molecule has 68 valence electrons. The minimum absolute atomic E-state index is 0.0343. The second-order valence-electron chi connectivity index (χ2n) is 2.98. The first-order valence-corrected chi connectivity index (χ1v) is 3.80. The van der Waals surface area contributed by atoms with Crippen LogP contribution in [-0.2, 0) is 0 Å². The van der Waals surface area contributed by atoms with Gasteiger partial charge in [0.1, 0.15) is 5.76 Å². The maximum Gasteiger partial charge on any atom is 0.152 e. The zero-order valence-corrected chi connectivity index (χ0v) is 6.70. The van der Waals surface area contributed by atoms with Crippen LogP contribution < -0.4 is 5.73 Å². The molecule has 1 aliphatic carbocycles. The van der Waals surface area contributed by atoms with Crippen molar-refractivity contribution in [3.63, 3.8) is 0 Å². The highest BCUT2D eigenvalue weighted by Crippen LogP contribution is 2.26. The lowest BCUT2D eigenvalue weighted by molar-refractivity contribution is 0.0664. The third-order valence-electron chi connectivity index (χ3n) is 1.90. The van der Waals surface area contributed by atoms with E-state index in [4.69, 9.17) is 15.9 Å². The standard InChI is InChI=1S/C8H13NO3/c9-4-3-8(12)2-1-6(10)7(11)5-8/h1-2,10-12H,3-5,9H2. The third-order valence-corrected chi connectivity index (χ3v) is 1.90. The summed E-state index contributed by atoms with van der Waals surface area (Å²) >= 11 is 0. The summed E-state index contributed by atoms with van der Waals surface area (Å²) in [6.07, 6.45) is 3.15. The number of aliphatic hydroxyl groups is 3. The molecule has 0 fully saturated rings. The summed E-state index contributed by atoms with van der Waals surface area (Å²) in [4.78, 5) is 0. The van der Waals surface area contributed by atoms with Crippen molar-refractivity contribution < 1.29 is 15.3 Å². The molecular formula is C8H13NO3. The molecule has 0 amide bonds. The maximum atomic E-state index is 9.69. The molecular weight excluding hydrogens is 158 g/mol. The van der Waals surface area contributed by atoms with Gasteiger partial charge < -0.3 is 21.1 Å². The minimum Gasteiger partial charge on any atom is -0.508 e. The van der Waals surface area contributed by atoms with Crippen molar-refractivity contribution in [2.24, 2.45) is 5.73 Å². The van der Waals surface area contributed by atoms with Crippen LogP contribution in [0, 0.1) is 0 Å². The van der Waals surface area contributed by atoms with Gasteiger partial charge >= 0.3 is 0 Å². The molecule has 0 aromatic heterocycles. The molecule has 0 aromatic rings. The lowest BCUT2D eigenvalue weighted by atomic mass is 9.90. The Kier molecular flexibility index (Phi) is 2.40. The van der Waals surface area contributed by atoms with Gasteiger partial charge in [-0.1, -0.05) is 0 Å². The summed E-state index contributed by atoms with van der Waals surface area (Å²) in [5.74, 6) is -0.370. The van der Waals surface area contributed by atoms with E-state index in [0.717, 1.165) is 0 Å². The number of aliphatic hydroxyl groups excluding tert-OH is 2. The number of hydrogen-bond donors (Lipinski definition) is 4. The van der Waals surface area contributed by atoms with Crippen molar-refractivity contribution in [3.05, 3.63) is 23.7 Å². The minimum atomic E-state index is -1.09. The van der Waals surface area contributed by atoms with Crippen LogP contribution in [-0.4, -0.2) is 27.5 Å². The summed E-state index contributed by atoms with van der Waals surface area (Å²) in [5.41, 5.74) is 4.18. The van der Waals surface area contributed by atoms with Crippen molar-refractivity contribution in [1.82, 2.24) is 0 Å². The zero-order chi connectivity index (χ0) is 9.19. The summed E-state index contributed by atoms with van der Waals surface area (Å²) in [6.45, 7) is 0.342. The zero-order valence-electron chi connectivity index (χ0n) is 6.70. The molecule has 0 heterocycles. The average molecular weight is 171 g/mol. The normalized spacial score (nSPS) is 29.5. The first-order valence-electron chi connectivity index (χ1n) is 3.80. The number of nitrogens with two attached hydrogens (primary N) is 1. The highest BCUT2D eigenvalue weighted by Gasteiger charge is 2.28. The van der Waals surface area contributed by atoms with Crippen LogP contribution in [0.25, 0.3) is 0 Å². The fourth-order valence-electron chi connectivity index (χ4n) is 1.19. The van der Waals surface area contributed by atoms with E-state index in [-0.39, 0.29) is 17.9 Å². The van der Waals surface area contributed by atoms with Gasteiger partial charge in [-0.15, -0.1) is 0 Å². The molecule has 0 spiro atoms. The van der Waals surface area contributed by atoms with Gasteiger partial charge in [0.15, 0.2) is 5.76 Å². The Balaban J connectivity index is 2.72. The molecule has 4 heteroatoms. The fourth-order valence-corrected chi connectivity index (χ4v) is 1.19. The topological polar surface area (TPSA) is 86.7 Å². The lowest BCUT2D eigenvalue weighted by Crippen LogP contribution is -2.31. The van der Waals surface area contributed by atoms with E-state index in [1.54, 1.807) is 0 Å².